The molecule has 0 saturated heterocycles. The van der Waals surface area contributed by atoms with E-state index in [1.807, 2.05) is 41.7 Å². The molecule has 0 aliphatic heterocycles. The number of hydrogen-bond acceptors (Lipinski definition) is 5. The molecule has 63 heavy (non-hydrogen) atoms. The van der Waals surface area contributed by atoms with Gasteiger partial charge in [-0.15, -0.1) is 11.3 Å². The lowest BCUT2D eigenvalue weighted by Gasteiger charge is -2.30. The normalized spacial score (nSPS) is 13.2. The number of rotatable bonds is 4. The highest BCUT2D eigenvalue weighted by Crippen LogP contribution is 2.63. The van der Waals surface area contributed by atoms with Crippen molar-refractivity contribution in [1.82, 2.24) is 15.0 Å². The second kappa shape index (κ2) is 13.0. The SMILES string of the molecule is c1ccc(-c2nc(-c3ccc4sc5ccccc5c4c3)nc(-c3cccc4oc5ccc(-c6ccc7c(c6)C6(c8ccccc8-c8ccccc86)c6ccccc6-7)cc5c34)n2)cc1. The number of thiophene rings is 1. The van der Waals surface area contributed by atoms with Crippen LogP contribution < -0.4 is 0 Å². The lowest BCUT2D eigenvalue weighted by atomic mass is 9.70. The van der Waals surface area contributed by atoms with Gasteiger partial charge in [0.25, 0.3) is 0 Å². The Kier molecular flexibility index (Phi) is 7.16. The predicted molar refractivity (Wildman–Crippen MR) is 258 cm³/mol. The summed E-state index contributed by atoms with van der Waals surface area (Å²) in [5, 5.41) is 4.44. The van der Waals surface area contributed by atoms with E-state index < -0.39 is 5.41 Å². The summed E-state index contributed by atoms with van der Waals surface area (Å²) in [5.41, 5.74) is 16.7. The molecule has 14 rings (SSSR count). The molecule has 0 N–H and O–H groups in total. The summed E-state index contributed by atoms with van der Waals surface area (Å²) in [7, 11) is 0. The Bertz CT molecular complexity index is 3820. The van der Waals surface area contributed by atoms with Crippen molar-refractivity contribution in [3.8, 4) is 67.5 Å². The Balaban J connectivity index is 0.958. The predicted octanol–water partition coefficient (Wildman–Crippen LogP) is 15.2. The lowest BCUT2D eigenvalue weighted by Crippen LogP contribution is -2.25. The molecule has 2 aliphatic carbocycles. The third-order valence-corrected chi connectivity index (χ3v) is 14.5. The molecule has 5 heteroatoms. The minimum absolute atomic E-state index is 0.414. The molecule has 3 heterocycles. The molecule has 12 aromatic rings. The van der Waals surface area contributed by atoms with Gasteiger partial charge in [-0.25, -0.2) is 15.0 Å². The first-order valence-corrected chi connectivity index (χ1v) is 22.2. The van der Waals surface area contributed by atoms with Crippen LogP contribution in [0.2, 0.25) is 0 Å². The van der Waals surface area contributed by atoms with Crippen molar-refractivity contribution in [2.24, 2.45) is 0 Å². The maximum Gasteiger partial charge on any atom is 0.164 e. The smallest absolute Gasteiger partial charge is 0.164 e. The fourth-order valence-corrected chi connectivity index (χ4v) is 11.8. The van der Waals surface area contributed by atoms with Crippen LogP contribution in [-0.4, -0.2) is 15.0 Å². The van der Waals surface area contributed by atoms with Crippen LogP contribution in [-0.2, 0) is 5.41 Å². The van der Waals surface area contributed by atoms with Gasteiger partial charge in [0.05, 0.1) is 5.41 Å². The van der Waals surface area contributed by atoms with Crippen molar-refractivity contribution in [2.45, 2.75) is 5.41 Å². The summed E-state index contributed by atoms with van der Waals surface area (Å²) in [6.45, 7) is 0. The average molecular weight is 820 g/mol. The van der Waals surface area contributed by atoms with Gasteiger partial charge in [-0.1, -0.05) is 152 Å². The van der Waals surface area contributed by atoms with E-state index in [4.69, 9.17) is 19.4 Å². The van der Waals surface area contributed by atoms with Gasteiger partial charge in [0.2, 0.25) is 0 Å². The van der Waals surface area contributed by atoms with Crippen molar-refractivity contribution in [1.29, 1.82) is 0 Å². The zero-order valence-electron chi connectivity index (χ0n) is 33.7. The third-order valence-electron chi connectivity index (χ3n) is 13.4. The first-order chi connectivity index (χ1) is 31.2. The Labute approximate surface area is 366 Å². The second-order valence-electron chi connectivity index (χ2n) is 16.6. The van der Waals surface area contributed by atoms with Gasteiger partial charge < -0.3 is 4.42 Å². The first-order valence-electron chi connectivity index (χ1n) is 21.3. The van der Waals surface area contributed by atoms with Crippen molar-refractivity contribution in [2.75, 3.05) is 0 Å². The molecule has 1 spiro atoms. The Morgan fingerprint density at radius 2 is 0.889 bits per heavy atom. The minimum Gasteiger partial charge on any atom is -0.456 e. The van der Waals surface area contributed by atoms with Gasteiger partial charge in [0.15, 0.2) is 17.5 Å². The zero-order valence-corrected chi connectivity index (χ0v) is 34.5. The minimum atomic E-state index is -0.414. The number of aromatic nitrogens is 3. The van der Waals surface area contributed by atoms with E-state index in [0.29, 0.717) is 17.5 Å². The second-order valence-corrected chi connectivity index (χ2v) is 17.7. The molecule has 3 aromatic heterocycles. The van der Waals surface area contributed by atoms with Crippen molar-refractivity contribution >= 4 is 53.4 Å². The Hall–Kier alpha value is -7.99. The van der Waals surface area contributed by atoms with Gasteiger partial charge in [-0.05, 0) is 104 Å². The van der Waals surface area contributed by atoms with Gasteiger partial charge in [-0.2, -0.15) is 0 Å². The number of hydrogen-bond donors (Lipinski definition) is 0. The molecule has 9 aromatic carbocycles. The third kappa shape index (κ3) is 4.88. The quantitative estimate of drug-likeness (QED) is 0.177. The topological polar surface area (TPSA) is 51.8 Å². The van der Waals surface area contributed by atoms with Crippen LogP contribution in [0.25, 0.3) is 110 Å². The molecule has 2 aliphatic rings. The zero-order chi connectivity index (χ0) is 41.2. The van der Waals surface area contributed by atoms with Crippen molar-refractivity contribution in [3.63, 3.8) is 0 Å². The molecule has 0 unspecified atom stereocenters. The first kappa shape index (κ1) is 34.7. The van der Waals surface area contributed by atoms with Gasteiger partial charge in [0, 0.05) is 47.6 Å². The van der Waals surface area contributed by atoms with E-state index in [1.54, 1.807) is 0 Å². The van der Waals surface area contributed by atoms with Crippen LogP contribution in [0.3, 0.4) is 0 Å². The molecular formula is C58H33N3OS. The molecule has 4 nitrogen and oxygen atoms in total. The monoisotopic (exact) mass is 819 g/mol. The maximum atomic E-state index is 6.62. The summed E-state index contributed by atoms with van der Waals surface area (Å²) in [6, 6.07) is 72.0. The summed E-state index contributed by atoms with van der Waals surface area (Å²) >= 11 is 1.81. The van der Waals surface area contributed by atoms with E-state index in [0.717, 1.165) is 49.8 Å². The molecule has 0 amide bonds. The standard InChI is InChI=1S/C58H33N3OS/c1-2-13-34(14-3-1)55-59-56(37-27-30-53-44(32-37)42-18-7-11-24-52(42)63-53)61-57(60-55)43-19-12-23-51-54(43)45-31-35(26-29-50(45)62-51)36-25-28-41-40-17-6-10-22-48(40)58(49(41)33-36)46-20-8-4-15-38(46)39-16-5-9-21-47(39)58/h1-33H. The van der Waals surface area contributed by atoms with Crippen LogP contribution in [0.1, 0.15) is 22.3 Å². The molecule has 0 radical (unpaired) electrons. The maximum absolute atomic E-state index is 6.62. The molecule has 0 bridgehead atoms. The number of nitrogens with zero attached hydrogens (tertiary/aromatic N) is 3. The van der Waals surface area contributed by atoms with Crippen LogP contribution in [0.4, 0.5) is 0 Å². The van der Waals surface area contributed by atoms with E-state index in [2.05, 4.69) is 170 Å². The Morgan fingerprint density at radius 1 is 0.333 bits per heavy atom. The van der Waals surface area contributed by atoms with Gasteiger partial charge in [-0.3, -0.25) is 0 Å². The van der Waals surface area contributed by atoms with Gasteiger partial charge >= 0.3 is 0 Å². The largest absolute Gasteiger partial charge is 0.456 e. The van der Waals surface area contributed by atoms with Gasteiger partial charge in [0.1, 0.15) is 11.2 Å². The van der Waals surface area contributed by atoms with Crippen molar-refractivity contribution < 1.29 is 4.42 Å². The average Bonchev–Trinajstić information content (AvgIpc) is 4.09. The van der Waals surface area contributed by atoms with E-state index in [1.165, 1.54) is 64.7 Å². The van der Waals surface area contributed by atoms with E-state index in [9.17, 15) is 0 Å². The highest BCUT2D eigenvalue weighted by molar-refractivity contribution is 7.25. The lowest BCUT2D eigenvalue weighted by molar-refractivity contribution is 0.669. The molecule has 0 atom stereocenters. The molecule has 0 fully saturated rings. The van der Waals surface area contributed by atoms with E-state index in [-0.39, 0.29) is 0 Å². The van der Waals surface area contributed by atoms with Crippen LogP contribution >= 0.6 is 11.3 Å². The van der Waals surface area contributed by atoms with Crippen LogP contribution in [0.5, 0.6) is 0 Å². The summed E-state index contributed by atoms with van der Waals surface area (Å²) < 4.78 is 9.12. The summed E-state index contributed by atoms with van der Waals surface area (Å²) in [4.78, 5) is 15.6. The van der Waals surface area contributed by atoms with Crippen molar-refractivity contribution in [3.05, 3.63) is 222 Å². The molecular weight excluding hydrogens is 787 g/mol. The number of furan rings is 1. The summed E-state index contributed by atoms with van der Waals surface area (Å²) in [6.07, 6.45) is 0. The highest BCUT2D eigenvalue weighted by Gasteiger charge is 2.51. The number of fused-ring (bicyclic) bond motifs is 16. The molecule has 292 valence electrons. The Morgan fingerprint density at radius 3 is 1.65 bits per heavy atom. The molecule has 0 saturated carbocycles. The van der Waals surface area contributed by atoms with E-state index >= 15 is 0 Å². The fourth-order valence-electron chi connectivity index (χ4n) is 10.7. The van der Waals surface area contributed by atoms with Crippen LogP contribution in [0, 0.1) is 0 Å². The summed E-state index contributed by atoms with van der Waals surface area (Å²) in [5.74, 6) is 1.85. The number of benzene rings is 9. The fraction of sp³-hybridized carbons (Fsp3) is 0.0172. The van der Waals surface area contributed by atoms with Crippen LogP contribution in [0.15, 0.2) is 205 Å². The highest BCUT2D eigenvalue weighted by atomic mass is 32.1.